The molecule has 2 N–H and O–H groups in total. The summed E-state index contributed by atoms with van der Waals surface area (Å²) < 4.78 is 19.7. The second-order valence-corrected chi connectivity index (χ2v) is 10.6. The van der Waals surface area contributed by atoms with Gasteiger partial charge in [0, 0.05) is 35.1 Å². The van der Waals surface area contributed by atoms with Crippen molar-refractivity contribution in [3.05, 3.63) is 131 Å². The van der Waals surface area contributed by atoms with Gasteiger partial charge in [-0.3, -0.25) is 14.5 Å². The van der Waals surface area contributed by atoms with E-state index in [1.54, 1.807) is 54.5 Å². The molecular formula is C34H27FN4O4. The van der Waals surface area contributed by atoms with Gasteiger partial charge in [0.1, 0.15) is 23.7 Å². The van der Waals surface area contributed by atoms with Gasteiger partial charge in [0.25, 0.3) is 11.8 Å². The zero-order valence-corrected chi connectivity index (χ0v) is 23.2. The Balaban J connectivity index is 1.29. The molecular weight excluding hydrogens is 547 g/mol. The molecule has 9 heteroatoms. The van der Waals surface area contributed by atoms with Crippen LogP contribution in [0.2, 0.25) is 0 Å². The zero-order valence-electron chi connectivity index (χ0n) is 23.2. The van der Waals surface area contributed by atoms with Crippen LogP contribution in [-0.2, 0) is 17.8 Å². The largest absolute Gasteiger partial charge is 0.497 e. The summed E-state index contributed by atoms with van der Waals surface area (Å²) in [6.07, 6.45) is 0.322. The number of hydrogen-bond acceptors (Lipinski definition) is 4. The fourth-order valence-corrected chi connectivity index (χ4v) is 6.23. The van der Waals surface area contributed by atoms with Crippen LogP contribution in [-0.4, -0.2) is 40.9 Å². The number of fused-ring (bicyclic) bond motifs is 4. The van der Waals surface area contributed by atoms with E-state index < -0.39 is 35.7 Å². The van der Waals surface area contributed by atoms with Crippen molar-refractivity contribution in [3.8, 4) is 5.75 Å². The molecule has 43 heavy (non-hydrogen) atoms. The van der Waals surface area contributed by atoms with Crippen molar-refractivity contribution in [3.63, 3.8) is 0 Å². The Labute approximate surface area is 246 Å². The number of carbonyl (C=O) groups excluding carboxylic acids is 3. The number of anilines is 1. The predicted octanol–water partition coefficient (Wildman–Crippen LogP) is 5.73. The summed E-state index contributed by atoms with van der Waals surface area (Å²) in [5, 5.41) is 3.73. The number of methoxy groups -OCH3 is 1. The van der Waals surface area contributed by atoms with E-state index >= 15 is 0 Å². The van der Waals surface area contributed by atoms with Crippen LogP contribution in [0.5, 0.6) is 5.75 Å². The maximum absolute atomic E-state index is 14.3. The molecule has 0 bridgehead atoms. The number of hydrogen-bond donors (Lipinski definition) is 2. The van der Waals surface area contributed by atoms with Crippen LogP contribution in [0.25, 0.3) is 10.9 Å². The van der Waals surface area contributed by atoms with Crippen LogP contribution in [0.1, 0.15) is 38.8 Å². The van der Waals surface area contributed by atoms with E-state index in [9.17, 15) is 18.8 Å². The second kappa shape index (κ2) is 10.4. The third-order valence-corrected chi connectivity index (χ3v) is 8.25. The Morgan fingerprint density at radius 2 is 1.74 bits per heavy atom. The maximum Gasteiger partial charge on any atom is 0.332 e. The smallest absolute Gasteiger partial charge is 0.332 e. The highest BCUT2D eigenvalue weighted by Gasteiger charge is 2.53. The number of imide groups is 1. The van der Waals surface area contributed by atoms with Crippen LogP contribution in [0.15, 0.2) is 97.1 Å². The van der Waals surface area contributed by atoms with E-state index in [4.69, 9.17) is 4.74 Å². The number of rotatable bonds is 6. The fourth-order valence-electron chi connectivity index (χ4n) is 6.23. The molecule has 1 aromatic heterocycles. The van der Waals surface area contributed by atoms with Gasteiger partial charge in [-0.25, -0.2) is 14.1 Å². The molecule has 2 aliphatic rings. The van der Waals surface area contributed by atoms with E-state index in [2.05, 4.69) is 10.3 Å². The highest BCUT2D eigenvalue weighted by Crippen LogP contribution is 2.45. The molecule has 3 heterocycles. The third-order valence-electron chi connectivity index (χ3n) is 8.25. The van der Waals surface area contributed by atoms with Gasteiger partial charge in [0.2, 0.25) is 0 Å². The van der Waals surface area contributed by atoms with Crippen LogP contribution < -0.4 is 15.0 Å². The predicted molar refractivity (Wildman–Crippen MR) is 159 cm³/mol. The number of aromatic amines is 1. The van der Waals surface area contributed by atoms with Gasteiger partial charge in [-0.15, -0.1) is 0 Å². The lowest BCUT2D eigenvalue weighted by atomic mass is 9.89. The van der Waals surface area contributed by atoms with Crippen molar-refractivity contribution in [2.24, 2.45) is 0 Å². The van der Waals surface area contributed by atoms with Gasteiger partial charge >= 0.3 is 6.03 Å². The Hall–Kier alpha value is -5.44. The Morgan fingerprint density at radius 3 is 2.58 bits per heavy atom. The number of amides is 4. The number of H-pyrrole nitrogens is 1. The molecule has 1 fully saturated rings. The van der Waals surface area contributed by atoms with Crippen molar-refractivity contribution in [2.45, 2.75) is 25.0 Å². The number of ether oxygens (including phenoxy) is 1. The minimum atomic E-state index is -0.787. The number of nitrogens with zero attached hydrogens (tertiary/aromatic N) is 2. The summed E-state index contributed by atoms with van der Waals surface area (Å²) in [5.74, 6) is -0.741. The Kier molecular flexibility index (Phi) is 6.42. The number of urea groups is 1. The normalized spacial score (nSPS) is 17.6. The first-order valence-corrected chi connectivity index (χ1v) is 14.0. The lowest BCUT2D eigenvalue weighted by Crippen LogP contribution is -2.44. The first kappa shape index (κ1) is 26.5. The van der Waals surface area contributed by atoms with Crippen LogP contribution in [0.4, 0.5) is 14.9 Å². The summed E-state index contributed by atoms with van der Waals surface area (Å²) >= 11 is 0. The summed E-state index contributed by atoms with van der Waals surface area (Å²) in [6, 6.07) is 26.1. The first-order chi connectivity index (χ1) is 21.0. The van der Waals surface area contributed by atoms with Crippen molar-refractivity contribution < 1.29 is 23.5 Å². The van der Waals surface area contributed by atoms with E-state index in [0.29, 0.717) is 17.7 Å². The third kappa shape index (κ3) is 4.32. The quantitative estimate of drug-likeness (QED) is 0.253. The SMILES string of the molecule is COc1cccc(C2c3[nH]c4ccccc4c3CC3C(=O)N(c4ccccc4C(=O)NCc4ccccc4F)C(=O)N32)c1. The average molecular weight is 575 g/mol. The van der Waals surface area contributed by atoms with Crippen LogP contribution >= 0.6 is 0 Å². The molecule has 2 unspecified atom stereocenters. The van der Waals surface area contributed by atoms with Gasteiger partial charge < -0.3 is 15.0 Å². The molecule has 0 radical (unpaired) electrons. The van der Waals surface area contributed by atoms with Gasteiger partial charge in [-0.05, 0) is 47.5 Å². The first-order valence-electron chi connectivity index (χ1n) is 14.0. The standard InChI is InChI=1S/C34H27FN4O4/c1-43-22-11-8-10-20(17-22)31-30-25(23-12-3-6-15-27(23)37-30)18-29-33(41)39(34(42)38(29)31)28-16-7-4-13-24(28)32(40)36-19-21-9-2-5-14-26(21)35/h2-17,29,31,37H,18-19H2,1H3,(H,36,40). The van der Waals surface area contributed by atoms with E-state index in [1.165, 1.54) is 6.07 Å². The Morgan fingerprint density at radius 1 is 0.977 bits per heavy atom. The van der Waals surface area contributed by atoms with Crippen molar-refractivity contribution in [2.75, 3.05) is 12.0 Å². The molecule has 7 rings (SSSR count). The summed E-state index contributed by atoms with van der Waals surface area (Å²) in [5.41, 5.74) is 4.17. The topological polar surface area (TPSA) is 94.7 Å². The minimum absolute atomic E-state index is 0.0455. The molecule has 4 amide bonds. The zero-order chi connectivity index (χ0) is 29.7. The van der Waals surface area contributed by atoms with E-state index in [1.807, 2.05) is 48.5 Å². The van der Waals surface area contributed by atoms with Gasteiger partial charge in [0.05, 0.1) is 18.4 Å². The minimum Gasteiger partial charge on any atom is -0.497 e. The number of para-hydroxylation sites is 2. The molecule has 2 atom stereocenters. The lowest BCUT2D eigenvalue weighted by Gasteiger charge is -2.36. The molecule has 0 saturated carbocycles. The molecule has 8 nitrogen and oxygen atoms in total. The average Bonchev–Trinajstić information content (AvgIpc) is 3.53. The van der Waals surface area contributed by atoms with Gasteiger partial charge in [-0.2, -0.15) is 0 Å². The molecule has 2 aliphatic heterocycles. The number of nitrogens with one attached hydrogen (secondary N) is 2. The lowest BCUT2D eigenvalue weighted by molar-refractivity contribution is -0.120. The number of halogens is 1. The molecule has 4 aromatic carbocycles. The molecule has 1 saturated heterocycles. The van der Waals surface area contributed by atoms with Crippen LogP contribution in [0, 0.1) is 5.82 Å². The number of benzene rings is 4. The highest BCUT2D eigenvalue weighted by molar-refractivity contribution is 6.24. The number of aromatic nitrogens is 1. The molecule has 0 aliphatic carbocycles. The second-order valence-electron chi connectivity index (χ2n) is 10.6. The van der Waals surface area contributed by atoms with Crippen molar-refractivity contribution >= 4 is 34.4 Å². The highest BCUT2D eigenvalue weighted by atomic mass is 19.1. The van der Waals surface area contributed by atoms with Crippen molar-refractivity contribution in [1.82, 2.24) is 15.2 Å². The molecule has 5 aromatic rings. The van der Waals surface area contributed by atoms with E-state index in [-0.39, 0.29) is 17.8 Å². The number of carbonyl (C=O) groups is 3. The molecule has 214 valence electrons. The van der Waals surface area contributed by atoms with Crippen LogP contribution in [0.3, 0.4) is 0 Å². The Bertz CT molecular complexity index is 1920. The fraction of sp³-hybridized carbons (Fsp3) is 0.147. The van der Waals surface area contributed by atoms with Gasteiger partial charge in [-0.1, -0.05) is 60.7 Å². The van der Waals surface area contributed by atoms with Gasteiger partial charge in [0.15, 0.2) is 0 Å². The monoisotopic (exact) mass is 574 g/mol. The van der Waals surface area contributed by atoms with Crippen molar-refractivity contribution in [1.29, 1.82) is 0 Å². The summed E-state index contributed by atoms with van der Waals surface area (Å²) in [4.78, 5) is 48.1. The maximum atomic E-state index is 14.3. The molecule has 0 spiro atoms. The summed E-state index contributed by atoms with van der Waals surface area (Å²) in [7, 11) is 1.58. The van der Waals surface area contributed by atoms with E-state index in [0.717, 1.165) is 32.6 Å². The summed E-state index contributed by atoms with van der Waals surface area (Å²) in [6.45, 7) is -0.0455.